The zero-order valence-corrected chi connectivity index (χ0v) is 15.8. The fourth-order valence-electron chi connectivity index (χ4n) is 2.58. The van der Waals surface area contributed by atoms with Gasteiger partial charge in [0.05, 0.1) is 6.54 Å². The maximum Gasteiger partial charge on any atom is 0.374 e. The monoisotopic (exact) mass is 361 g/mol. The number of nitrogens with zero attached hydrogens (tertiary/aromatic N) is 3. The highest BCUT2D eigenvalue weighted by molar-refractivity contribution is 5.88. The molecule has 0 bridgehead atoms. The summed E-state index contributed by atoms with van der Waals surface area (Å²) in [6.45, 7) is 9.64. The molecule has 0 fully saturated rings. The van der Waals surface area contributed by atoms with Crippen molar-refractivity contribution in [2.24, 2.45) is 11.8 Å². The van der Waals surface area contributed by atoms with E-state index in [0.717, 1.165) is 0 Å². The lowest BCUT2D eigenvalue weighted by Gasteiger charge is -2.26. The van der Waals surface area contributed by atoms with E-state index in [2.05, 4.69) is 32.8 Å². The summed E-state index contributed by atoms with van der Waals surface area (Å²) >= 11 is 0. The van der Waals surface area contributed by atoms with E-state index in [0.29, 0.717) is 37.2 Å². The first-order chi connectivity index (χ1) is 12.3. The van der Waals surface area contributed by atoms with E-state index in [1.54, 1.807) is 34.1 Å². The molecule has 2 aromatic heterocycles. The maximum atomic E-state index is 12.4. The SMILES string of the molecule is CC(C)CN(CC(C)C)C(=O)COC(=O)c1ccc(Cn2cccn2)o1. The van der Waals surface area contributed by atoms with Crippen LogP contribution in [-0.2, 0) is 16.1 Å². The van der Waals surface area contributed by atoms with Gasteiger partial charge in [-0.05, 0) is 30.0 Å². The first kappa shape index (κ1) is 19.8. The van der Waals surface area contributed by atoms with Crippen molar-refractivity contribution >= 4 is 11.9 Å². The Morgan fingerprint density at radius 2 is 1.88 bits per heavy atom. The fourth-order valence-corrected chi connectivity index (χ4v) is 2.58. The molecule has 0 aliphatic carbocycles. The lowest BCUT2D eigenvalue weighted by atomic mass is 10.1. The number of hydrogen-bond donors (Lipinski definition) is 0. The summed E-state index contributed by atoms with van der Waals surface area (Å²) in [6, 6.07) is 5.05. The van der Waals surface area contributed by atoms with Gasteiger partial charge in [-0.1, -0.05) is 27.7 Å². The smallest absolute Gasteiger partial charge is 0.374 e. The predicted octanol–water partition coefficient (Wildman–Crippen LogP) is 2.82. The van der Waals surface area contributed by atoms with Crippen molar-refractivity contribution < 1.29 is 18.7 Å². The summed E-state index contributed by atoms with van der Waals surface area (Å²) in [5, 5.41) is 4.08. The minimum Gasteiger partial charge on any atom is -0.452 e. The Labute approximate surface area is 153 Å². The van der Waals surface area contributed by atoms with Gasteiger partial charge in [0.15, 0.2) is 6.61 Å². The number of aromatic nitrogens is 2. The van der Waals surface area contributed by atoms with Gasteiger partial charge in [0.1, 0.15) is 5.76 Å². The van der Waals surface area contributed by atoms with Gasteiger partial charge < -0.3 is 14.1 Å². The van der Waals surface area contributed by atoms with E-state index >= 15 is 0 Å². The highest BCUT2D eigenvalue weighted by Gasteiger charge is 2.20. The van der Waals surface area contributed by atoms with E-state index in [4.69, 9.17) is 9.15 Å². The molecule has 0 N–H and O–H groups in total. The van der Waals surface area contributed by atoms with E-state index in [1.165, 1.54) is 0 Å². The molecule has 142 valence electrons. The van der Waals surface area contributed by atoms with Gasteiger partial charge in [-0.15, -0.1) is 0 Å². The van der Waals surface area contributed by atoms with Gasteiger partial charge in [-0.25, -0.2) is 4.79 Å². The quantitative estimate of drug-likeness (QED) is 0.642. The van der Waals surface area contributed by atoms with Crippen molar-refractivity contribution in [2.75, 3.05) is 19.7 Å². The number of rotatable bonds is 9. The predicted molar refractivity (Wildman–Crippen MR) is 96.6 cm³/mol. The molecule has 0 aromatic carbocycles. The third-order valence-corrected chi connectivity index (χ3v) is 3.59. The average molecular weight is 361 g/mol. The van der Waals surface area contributed by atoms with Crippen molar-refractivity contribution in [2.45, 2.75) is 34.2 Å². The molecule has 0 radical (unpaired) electrons. The molecule has 2 heterocycles. The van der Waals surface area contributed by atoms with Crippen LogP contribution in [0.1, 0.15) is 44.0 Å². The molecule has 1 amide bonds. The van der Waals surface area contributed by atoms with E-state index in [1.807, 2.05) is 6.07 Å². The molecular weight excluding hydrogens is 334 g/mol. The van der Waals surface area contributed by atoms with Crippen LogP contribution in [-0.4, -0.2) is 46.3 Å². The second-order valence-corrected chi connectivity index (χ2v) is 7.13. The zero-order chi connectivity index (χ0) is 19.1. The van der Waals surface area contributed by atoms with Crippen molar-refractivity contribution in [3.05, 3.63) is 42.1 Å². The minimum absolute atomic E-state index is 0.0826. The molecule has 0 aliphatic rings. The summed E-state index contributed by atoms with van der Waals surface area (Å²) in [7, 11) is 0. The molecule has 0 atom stereocenters. The maximum absolute atomic E-state index is 12.4. The molecular formula is C19H27N3O4. The number of hydrogen-bond acceptors (Lipinski definition) is 5. The van der Waals surface area contributed by atoms with E-state index in [-0.39, 0.29) is 18.3 Å². The standard InChI is InChI=1S/C19H27N3O4/c1-14(2)10-21(11-15(3)4)18(23)13-25-19(24)17-7-6-16(26-17)12-22-9-5-8-20-22/h5-9,14-15H,10-13H2,1-4H3. The summed E-state index contributed by atoms with van der Waals surface area (Å²) in [6.07, 6.45) is 3.47. The highest BCUT2D eigenvalue weighted by Crippen LogP contribution is 2.11. The normalized spacial score (nSPS) is 11.2. The largest absolute Gasteiger partial charge is 0.452 e. The lowest BCUT2D eigenvalue weighted by molar-refractivity contribution is -0.135. The summed E-state index contributed by atoms with van der Waals surface area (Å²) < 4.78 is 12.3. The first-order valence-electron chi connectivity index (χ1n) is 8.86. The molecule has 26 heavy (non-hydrogen) atoms. The Bertz CT molecular complexity index is 694. The fraction of sp³-hybridized carbons (Fsp3) is 0.526. The molecule has 0 aliphatic heterocycles. The Morgan fingerprint density at radius 1 is 1.19 bits per heavy atom. The third kappa shape index (κ3) is 6.06. The third-order valence-electron chi connectivity index (χ3n) is 3.59. The van der Waals surface area contributed by atoms with E-state index in [9.17, 15) is 9.59 Å². The van der Waals surface area contributed by atoms with Crippen LogP contribution < -0.4 is 0 Å². The molecule has 2 aromatic rings. The van der Waals surface area contributed by atoms with Crippen LogP contribution in [0.25, 0.3) is 0 Å². The number of esters is 1. The van der Waals surface area contributed by atoms with Crippen LogP contribution in [0.3, 0.4) is 0 Å². The zero-order valence-electron chi connectivity index (χ0n) is 15.8. The first-order valence-corrected chi connectivity index (χ1v) is 8.86. The van der Waals surface area contributed by atoms with Gasteiger partial charge in [0.2, 0.25) is 5.76 Å². The molecule has 0 saturated carbocycles. The van der Waals surface area contributed by atoms with Crippen LogP contribution in [0, 0.1) is 11.8 Å². The highest BCUT2D eigenvalue weighted by atomic mass is 16.5. The Balaban J connectivity index is 1.88. The van der Waals surface area contributed by atoms with Crippen molar-refractivity contribution in [1.82, 2.24) is 14.7 Å². The van der Waals surface area contributed by atoms with Crippen LogP contribution >= 0.6 is 0 Å². The van der Waals surface area contributed by atoms with Crippen molar-refractivity contribution in [3.8, 4) is 0 Å². The molecule has 0 unspecified atom stereocenters. The molecule has 7 nitrogen and oxygen atoms in total. The van der Waals surface area contributed by atoms with Crippen molar-refractivity contribution in [3.63, 3.8) is 0 Å². The van der Waals surface area contributed by atoms with Gasteiger partial charge in [0.25, 0.3) is 5.91 Å². The second kappa shape index (κ2) is 9.22. The lowest BCUT2D eigenvalue weighted by Crippen LogP contribution is -2.39. The number of ether oxygens (including phenoxy) is 1. The van der Waals surface area contributed by atoms with Gasteiger partial charge in [0, 0.05) is 25.5 Å². The second-order valence-electron chi connectivity index (χ2n) is 7.13. The molecule has 0 spiro atoms. The van der Waals surface area contributed by atoms with Crippen LogP contribution in [0.5, 0.6) is 0 Å². The number of amides is 1. The molecule has 7 heteroatoms. The summed E-state index contributed by atoms with van der Waals surface area (Å²) in [5.41, 5.74) is 0. The Morgan fingerprint density at radius 3 is 2.46 bits per heavy atom. The number of carbonyl (C=O) groups excluding carboxylic acids is 2. The van der Waals surface area contributed by atoms with Gasteiger partial charge >= 0.3 is 5.97 Å². The van der Waals surface area contributed by atoms with E-state index < -0.39 is 5.97 Å². The average Bonchev–Trinajstić information content (AvgIpc) is 3.23. The van der Waals surface area contributed by atoms with Gasteiger partial charge in [-0.3, -0.25) is 9.48 Å². The Hall–Kier alpha value is -2.57. The molecule has 0 saturated heterocycles. The van der Waals surface area contributed by atoms with Crippen LogP contribution in [0.4, 0.5) is 0 Å². The Kier molecular flexibility index (Phi) is 7.00. The summed E-state index contributed by atoms with van der Waals surface area (Å²) in [5.74, 6) is 0.544. The topological polar surface area (TPSA) is 77.6 Å². The van der Waals surface area contributed by atoms with Crippen LogP contribution in [0.15, 0.2) is 35.0 Å². The van der Waals surface area contributed by atoms with Crippen LogP contribution in [0.2, 0.25) is 0 Å². The number of carbonyl (C=O) groups is 2. The minimum atomic E-state index is -0.640. The van der Waals surface area contributed by atoms with Crippen molar-refractivity contribution in [1.29, 1.82) is 0 Å². The van der Waals surface area contributed by atoms with Gasteiger partial charge in [-0.2, -0.15) is 5.10 Å². The number of furan rings is 1. The summed E-state index contributed by atoms with van der Waals surface area (Å²) in [4.78, 5) is 26.2. The molecule has 2 rings (SSSR count).